The summed E-state index contributed by atoms with van der Waals surface area (Å²) in [5, 5.41) is 2.88. The highest BCUT2D eigenvalue weighted by Gasteiger charge is 2.07. The Labute approximate surface area is 160 Å². The minimum atomic E-state index is -0.197. The minimum absolute atomic E-state index is 0. The quantitative estimate of drug-likeness (QED) is 0.692. The molecule has 0 saturated carbocycles. The van der Waals surface area contributed by atoms with Crippen molar-refractivity contribution in [2.45, 2.75) is 26.2 Å². The molecule has 0 saturated heterocycles. The van der Waals surface area contributed by atoms with Gasteiger partial charge in [0.15, 0.2) is 0 Å². The number of halogens is 1. The summed E-state index contributed by atoms with van der Waals surface area (Å²) in [6, 6.07) is 14.9. The first-order valence-corrected chi connectivity index (χ1v) is 8.47. The molecule has 2 aromatic rings. The fourth-order valence-corrected chi connectivity index (χ4v) is 2.47. The fourth-order valence-electron chi connectivity index (χ4n) is 2.47. The largest absolute Gasteiger partial charge is 0.466 e. The van der Waals surface area contributed by atoms with Gasteiger partial charge >= 0.3 is 5.97 Å². The van der Waals surface area contributed by atoms with Crippen LogP contribution in [0.15, 0.2) is 48.5 Å². The molecule has 0 unspecified atom stereocenters. The number of carbonyl (C=O) groups is 2. The molecule has 0 heterocycles. The molecule has 0 aliphatic rings. The lowest BCUT2D eigenvalue weighted by Gasteiger charge is -2.08. The van der Waals surface area contributed by atoms with Gasteiger partial charge in [-0.15, -0.1) is 12.4 Å². The van der Waals surface area contributed by atoms with Crippen LogP contribution in [0.3, 0.4) is 0 Å². The van der Waals surface area contributed by atoms with Crippen molar-refractivity contribution < 1.29 is 14.3 Å². The van der Waals surface area contributed by atoms with Crippen molar-refractivity contribution >= 4 is 30.0 Å². The van der Waals surface area contributed by atoms with Crippen molar-refractivity contribution in [2.75, 3.05) is 18.5 Å². The number of aryl methyl sites for hydroxylation is 1. The summed E-state index contributed by atoms with van der Waals surface area (Å²) in [4.78, 5) is 23.7. The third kappa shape index (κ3) is 6.86. The molecule has 0 atom stereocenters. The molecule has 1 amide bonds. The molecule has 6 heteroatoms. The Morgan fingerprint density at radius 2 is 1.77 bits per heavy atom. The number of benzene rings is 2. The van der Waals surface area contributed by atoms with Gasteiger partial charge in [-0.25, -0.2) is 0 Å². The van der Waals surface area contributed by atoms with Gasteiger partial charge in [0.25, 0.3) is 5.91 Å². The first-order valence-electron chi connectivity index (χ1n) is 8.47. The first kappa shape index (κ1) is 21.7. The molecular formula is C20H25ClN2O3. The van der Waals surface area contributed by atoms with Gasteiger partial charge in [0.2, 0.25) is 0 Å². The minimum Gasteiger partial charge on any atom is -0.466 e. The molecule has 3 N–H and O–H groups in total. The number of ether oxygens (including phenoxy) is 1. The van der Waals surface area contributed by atoms with Crippen LogP contribution in [-0.2, 0) is 22.4 Å². The van der Waals surface area contributed by atoms with Crippen LogP contribution in [-0.4, -0.2) is 25.0 Å². The van der Waals surface area contributed by atoms with Gasteiger partial charge in [-0.05, 0) is 61.7 Å². The number of rotatable bonds is 8. The molecule has 2 rings (SSSR count). The second-order valence-corrected chi connectivity index (χ2v) is 5.70. The number of amides is 1. The van der Waals surface area contributed by atoms with Gasteiger partial charge in [-0.3, -0.25) is 9.59 Å². The predicted octanol–water partition coefficient (Wildman–Crippen LogP) is 3.36. The summed E-state index contributed by atoms with van der Waals surface area (Å²) in [5.74, 6) is -0.351. The van der Waals surface area contributed by atoms with E-state index in [2.05, 4.69) is 5.32 Å². The molecule has 0 bridgehead atoms. The SMILES string of the molecule is CCOC(=O)CCc1ccc(NC(=O)c2cccc(CCN)c2)cc1.Cl. The topological polar surface area (TPSA) is 81.4 Å². The second-order valence-electron chi connectivity index (χ2n) is 5.70. The van der Waals surface area contributed by atoms with Crippen LogP contribution in [0, 0.1) is 0 Å². The van der Waals surface area contributed by atoms with Gasteiger partial charge in [0, 0.05) is 17.7 Å². The van der Waals surface area contributed by atoms with Crippen LogP contribution in [0.5, 0.6) is 0 Å². The predicted molar refractivity (Wildman–Crippen MR) is 106 cm³/mol. The molecule has 26 heavy (non-hydrogen) atoms. The Morgan fingerprint density at radius 1 is 1.04 bits per heavy atom. The van der Waals surface area contributed by atoms with Gasteiger partial charge < -0.3 is 15.8 Å². The highest BCUT2D eigenvalue weighted by molar-refractivity contribution is 6.04. The van der Waals surface area contributed by atoms with E-state index in [0.29, 0.717) is 37.2 Å². The first-order chi connectivity index (χ1) is 12.1. The van der Waals surface area contributed by atoms with Gasteiger partial charge in [0.05, 0.1) is 6.61 Å². The molecule has 0 aromatic heterocycles. The van der Waals surface area contributed by atoms with Crippen molar-refractivity contribution in [3.8, 4) is 0 Å². The summed E-state index contributed by atoms with van der Waals surface area (Å²) in [6.45, 7) is 2.75. The zero-order chi connectivity index (χ0) is 18.1. The van der Waals surface area contributed by atoms with Crippen LogP contribution < -0.4 is 11.1 Å². The van der Waals surface area contributed by atoms with Gasteiger partial charge in [0.1, 0.15) is 0 Å². The van der Waals surface area contributed by atoms with Crippen molar-refractivity contribution in [3.63, 3.8) is 0 Å². The average Bonchev–Trinajstić information content (AvgIpc) is 2.62. The van der Waals surface area contributed by atoms with Crippen molar-refractivity contribution in [3.05, 3.63) is 65.2 Å². The summed E-state index contributed by atoms with van der Waals surface area (Å²) in [7, 11) is 0. The smallest absolute Gasteiger partial charge is 0.306 e. The van der Waals surface area contributed by atoms with Crippen LogP contribution in [0.4, 0.5) is 5.69 Å². The van der Waals surface area contributed by atoms with Crippen LogP contribution in [0.1, 0.15) is 34.8 Å². The maximum Gasteiger partial charge on any atom is 0.306 e. The highest BCUT2D eigenvalue weighted by Crippen LogP contribution is 2.14. The standard InChI is InChI=1S/C20H24N2O3.ClH/c1-2-25-19(23)11-8-15-6-9-18(10-7-15)22-20(24)17-5-3-4-16(14-17)12-13-21;/h3-7,9-10,14H,2,8,11-13,21H2,1H3,(H,22,24);1H. The molecule has 0 aliphatic heterocycles. The van der Waals surface area contributed by atoms with Crippen molar-refractivity contribution in [2.24, 2.45) is 5.73 Å². The fraction of sp³-hybridized carbons (Fsp3) is 0.300. The number of esters is 1. The Kier molecular flexibility index (Phi) is 9.41. The molecule has 2 aromatic carbocycles. The lowest BCUT2D eigenvalue weighted by molar-refractivity contribution is -0.143. The number of anilines is 1. The average molecular weight is 377 g/mol. The number of hydrogen-bond donors (Lipinski definition) is 2. The van der Waals surface area contributed by atoms with Crippen molar-refractivity contribution in [1.29, 1.82) is 0 Å². The monoisotopic (exact) mass is 376 g/mol. The van der Waals surface area contributed by atoms with E-state index in [4.69, 9.17) is 10.5 Å². The van der Waals surface area contributed by atoms with Gasteiger partial charge in [-0.1, -0.05) is 24.3 Å². The Morgan fingerprint density at radius 3 is 2.42 bits per heavy atom. The van der Waals surface area contributed by atoms with E-state index >= 15 is 0 Å². The number of nitrogens with one attached hydrogen (secondary N) is 1. The number of nitrogens with two attached hydrogens (primary N) is 1. The van der Waals surface area contributed by atoms with E-state index in [-0.39, 0.29) is 24.3 Å². The zero-order valence-electron chi connectivity index (χ0n) is 14.9. The zero-order valence-corrected chi connectivity index (χ0v) is 15.7. The molecule has 0 fully saturated rings. The van der Waals surface area contributed by atoms with Crippen LogP contribution >= 0.6 is 12.4 Å². The third-order valence-electron chi connectivity index (χ3n) is 3.76. The molecular weight excluding hydrogens is 352 g/mol. The molecule has 0 radical (unpaired) electrons. The molecule has 0 spiro atoms. The van der Waals surface area contributed by atoms with E-state index in [9.17, 15) is 9.59 Å². The normalized spacial score (nSPS) is 9.92. The lowest BCUT2D eigenvalue weighted by atomic mass is 10.1. The summed E-state index contributed by atoms with van der Waals surface area (Å²) < 4.78 is 4.91. The maximum atomic E-state index is 12.3. The molecule has 5 nitrogen and oxygen atoms in total. The van der Waals surface area contributed by atoms with Crippen LogP contribution in [0.25, 0.3) is 0 Å². The summed E-state index contributed by atoms with van der Waals surface area (Å²) in [5.41, 5.74) is 8.95. The van der Waals surface area contributed by atoms with Crippen LogP contribution in [0.2, 0.25) is 0 Å². The highest BCUT2D eigenvalue weighted by atomic mass is 35.5. The van der Waals surface area contributed by atoms with E-state index in [1.54, 1.807) is 13.0 Å². The van der Waals surface area contributed by atoms with E-state index in [1.165, 1.54) is 0 Å². The van der Waals surface area contributed by atoms with Gasteiger partial charge in [-0.2, -0.15) is 0 Å². The second kappa shape index (κ2) is 11.3. The number of carbonyl (C=O) groups excluding carboxylic acids is 2. The Hall–Kier alpha value is -2.37. The Bertz CT molecular complexity index is 717. The maximum absolute atomic E-state index is 12.3. The third-order valence-corrected chi connectivity index (χ3v) is 3.76. The van der Waals surface area contributed by atoms with E-state index in [0.717, 1.165) is 17.5 Å². The Balaban J connectivity index is 0.00000338. The molecule has 0 aliphatic carbocycles. The van der Waals surface area contributed by atoms with Crippen molar-refractivity contribution in [1.82, 2.24) is 0 Å². The summed E-state index contributed by atoms with van der Waals surface area (Å²) >= 11 is 0. The van der Waals surface area contributed by atoms with E-state index in [1.807, 2.05) is 42.5 Å². The lowest BCUT2D eigenvalue weighted by Crippen LogP contribution is -2.12. The summed E-state index contributed by atoms with van der Waals surface area (Å²) in [6.07, 6.45) is 1.72. The van der Waals surface area contributed by atoms with E-state index < -0.39 is 0 Å². The number of hydrogen-bond acceptors (Lipinski definition) is 4. The molecule has 140 valence electrons.